The summed E-state index contributed by atoms with van der Waals surface area (Å²) in [5.41, 5.74) is 5.97. The quantitative estimate of drug-likeness (QED) is 0.793. The van der Waals surface area contributed by atoms with Crippen molar-refractivity contribution >= 4 is 16.8 Å². The Bertz CT molecular complexity index is 668. The summed E-state index contributed by atoms with van der Waals surface area (Å²) in [7, 11) is 0. The summed E-state index contributed by atoms with van der Waals surface area (Å²) in [6, 6.07) is 12.7. The normalized spacial score (nSPS) is 17.6. The van der Waals surface area contributed by atoms with Gasteiger partial charge in [0, 0.05) is 17.2 Å². The lowest BCUT2D eigenvalue weighted by molar-refractivity contribution is 0.444. The van der Waals surface area contributed by atoms with E-state index in [0.29, 0.717) is 5.56 Å². The summed E-state index contributed by atoms with van der Waals surface area (Å²) >= 11 is 1.54. The van der Waals surface area contributed by atoms with Gasteiger partial charge in [-0.15, -0.1) is 0 Å². The van der Waals surface area contributed by atoms with Crippen LogP contribution < -0.4 is 5.43 Å². The largest absolute Gasteiger partial charge is 0.508 e. The second-order valence-electron chi connectivity index (χ2n) is 4.65. The third-order valence-corrected chi connectivity index (χ3v) is 4.25. The molecule has 1 heterocycles. The Hall–Kier alpha value is -2.14. The van der Waals surface area contributed by atoms with Crippen LogP contribution >= 0.6 is 11.8 Å². The van der Waals surface area contributed by atoms with Crippen LogP contribution in [0.15, 0.2) is 47.6 Å². The fraction of sp³-hybridized carbons (Fsp3) is 0.133. The van der Waals surface area contributed by atoms with E-state index in [-0.39, 0.29) is 16.9 Å². The van der Waals surface area contributed by atoms with E-state index in [2.05, 4.69) is 10.5 Å². The molecule has 0 saturated carbocycles. The van der Waals surface area contributed by atoms with Gasteiger partial charge >= 0.3 is 0 Å². The fourth-order valence-electron chi connectivity index (χ4n) is 2.00. The molecule has 1 aliphatic heterocycles. The number of thioether (sulfide) groups is 1. The van der Waals surface area contributed by atoms with Gasteiger partial charge in [0.05, 0.1) is 0 Å². The summed E-state index contributed by atoms with van der Waals surface area (Å²) in [6.45, 7) is 2.04. The first-order valence-electron chi connectivity index (χ1n) is 6.22. The van der Waals surface area contributed by atoms with Crippen LogP contribution in [-0.4, -0.2) is 15.3 Å². The van der Waals surface area contributed by atoms with Gasteiger partial charge in [-0.25, -0.2) is 0 Å². The minimum absolute atomic E-state index is 0.0499. The molecule has 0 aliphatic carbocycles. The highest BCUT2D eigenvalue weighted by Gasteiger charge is 2.24. The van der Waals surface area contributed by atoms with E-state index in [1.807, 2.05) is 31.2 Å². The van der Waals surface area contributed by atoms with E-state index < -0.39 is 0 Å². The Kier molecular flexibility index (Phi) is 3.28. The highest BCUT2D eigenvalue weighted by atomic mass is 32.2. The van der Waals surface area contributed by atoms with Crippen molar-refractivity contribution in [3.8, 4) is 11.5 Å². The zero-order chi connectivity index (χ0) is 14.1. The van der Waals surface area contributed by atoms with Crippen LogP contribution in [-0.2, 0) is 0 Å². The highest BCUT2D eigenvalue weighted by Crippen LogP contribution is 2.39. The number of phenols is 2. The Morgan fingerprint density at radius 1 is 1.10 bits per heavy atom. The average Bonchev–Trinajstić information content (AvgIpc) is 2.89. The van der Waals surface area contributed by atoms with E-state index in [1.54, 1.807) is 12.1 Å². The van der Waals surface area contributed by atoms with Crippen LogP contribution in [0.4, 0.5) is 0 Å². The van der Waals surface area contributed by atoms with Gasteiger partial charge in [-0.05, 0) is 19.1 Å². The molecule has 0 saturated heterocycles. The zero-order valence-electron chi connectivity index (χ0n) is 10.9. The molecule has 3 N–H and O–H groups in total. The molecule has 1 aliphatic rings. The number of rotatable bonds is 2. The lowest BCUT2D eigenvalue weighted by Gasteiger charge is -2.11. The molecule has 0 bridgehead atoms. The number of nitrogens with zero attached hydrogens (tertiary/aromatic N) is 1. The van der Waals surface area contributed by atoms with Gasteiger partial charge in [0.1, 0.15) is 21.9 Å². The Morgan fingerprint density at radius 2 is 1.85 bits per heavy atom. The second-order valence-corrected chi connectivity index (χ2v) is 5.75. The van der Waals surface area contributed by atoms with Crippen LogP contribution in [0.3, 0.4) is 0 Å². The molecule has 3 rings (SSSR count). The molecule has 0 amide bonds. The van der Waals surface area contributed by atoms with Crippen LogP contribution in [0.25, 0.3) is 0 Å². The number of hydrogen-bond donors (Lipinski definition) is 3. The van der Waals surface area contributed by atoms with Gasteiger partial charge in [0.15, 0.2) is 0 Å². The summed E-state index contributed by atoms with van der Waals surface area (Å²) < 4.78 is 0. The summed E-state index contributed by atoms with van der Waals surface area (Å²) in [4.78, 5) is 0. The minimum Gasteiger partial charge on any atom is -0.508 e. The van der Waals surface area contributed by atoms with E-state index in [4.69, 9.17) is 0 Å². The maximum absolute atomic E-state index is 9.88. The molecule has 0 aromatic heterocycles. The van der Waals surface area contributed by atoms with Gasteiger partial charge in [-0.2, -0.15) is 5.10 Å². The van der Waals surface area contributed by atoms with Crippen molar-refractivity contribution in [3.05, 3.63) is 59.2 Å². The number of aryl methyl sites for hydroxylation is 1. The van der Waals surface area contributed by atoms with Crippen molar-refractivity contribution in [2.24, 2.45) is 5.10 Å². The molecule has 102 valence electrons. The summed E-state index contributed by atoms with van der Waals surface area (Å²) in [6.07, 6.45) is 0. The number of nitrogens with one attached hydrogen (secondary N) is 1. The van der Waals surface area contributed by atoms with Crippen molar-refractivity contribution in [2.45, 2.75) is 12.3 Å². The first-order valence-corrected chi connectivity index (χ1v) is 7.10. The molecule has 0 spiro atoms. The van der Waals surface area contributed by atoms with Crippen molar-refractivity contribution in [1.82, 2.24) is 5.43 Å². The van der Waals surface area contributed by atoms with Crippen molar-refractivity contribution in [3.63, 3.8) is 0 Å². The van der Waals surface area contributed by atoms with Crippen LogP contribution in [0.2, 0.25) is 0 Å². The topological polar surface area (TPSA) is 64.9 Å². The third kappa shape index (κ3) is 2.44. The predicted octanol–water partition coefficient (Wildman–Crippen LogP) is 3.10. The molecule has 2 aromatic carbocycles. The molecule has 5 heteroatoms. The standard InChI is InChI=1S/C15H14N2O2S/c1-9-2-4-10(5-3-9)14-16-17-15(20-14)12-7-6-11(18)8-13(12)19/h2-8,15,17-19H,1H3. The van der Waals surface area contributed by atoms with Gasteiger partial charge in [0.25, 0.3) is 0 Å². The predicted molar refractivity (Wildman–Crippen MR) is 81.0 cm³/mol. The van der Waals surface area contributed by atoms with Crippen LogP contribution in [0, 0.1) is 6.92 Å². The minimum atomic E-state index is -0.146. The number of phenolic OH excluding ortho intramolecular Hbond substituents is 2. The Morgan fingerprint density at radius 3 is 2.55 bits per heavy atom. The van der Waals surface area contributed by atoms with Gasteiger partial charge in [-0.1, -0.05) is 41.6 Å². The molecule has 2 aromatic rings. The SMILES string of the molecule is Cc1ccc(C2=NNC(c3ccc(O)cc3O)S2)cc1. The maximum Gasteiger partial charge on any atom is 0.126 e. The van der Waals surface area contributed by atoms with Gasteiger partial charge in [0.2, 0.25) is 0 Å². The molecule has 20 heavy (non-hydrogen) atoms. The average molecular weight is 286 g/mol. The highest BCUT2D eigenvalue weighted by molar-refractivity contribution is 8.14. The number of benzene rings is 2. The van der Waals surface area contributed by atoms with Gasteiger partial charge < -0.3 is 10.2 Å². The third-order valence-electron chi connectivity index (χ3n) is 3.11. The Balaban J connectivity index is 1.80. The number of aromatic hydroxyl groups is 2. The first kappa shape index (κ1) is 12.9. The molecule has 0 radical (unpaired) electrons. The molecule has 4 nitrogen and oxygen atoms in total. The second kappa shape index (κ2) is 5.09. The lowest BCUT2D eigenvalue weighted by Crippen LogP contribution is -2.06. The fourth-order valence-corrected chi connectivity index (χ4v) is 3.03. The van der Waals surface area contributed by atoms with Crippen molar-refractivity contribution in [2.75, 3.05) is 0 Å². The van der Waals surface area contributed by atoms with E-state index >= 15 is 0 Å². The van der Waals surface area contributed by atoms with Crippen molar-refractivity contribution in [1.29, 1.82) is 0 Å². The first-order chi connectivity index (χ1) is 9.63. The van der Waals surface area contributed by atoms with Gasteiger partial charge in [-0.3, -0.25) is 5.43 Å². The molecular weight excluding hydrogens is 272 g/mol. The molecule has 0 fully saturated rings. The van der Waals surface area contributed by atoms with Crippen LogP contribution in [0.5, 0.6) is 11.5 Å². The lowest BCUT2D eigenvalue weighted by atomic mass is 10.2. The summed E-state index contributed by atoms with van der Waals surface area (Å²) in [5.74, 6) is 0.115. The maximum atomic E-state index is 9.88. The van der Waals surface area contributed by atoms with E-state index in [0.717, 1.165) is 10.6 Å². The van der Waals surface area contributed by atoms with E-state index in [9.17, 15) is 10.2 Å². The molecule has 1 atom stereocenters. The number of hydrogen-bond acceptors (Lipinski definition) is 5. The number of hydrazone groups is 1. The monoisotopic (exact) mass is 286 g/mol. The molecule has 1 unspecified atom stereocenters. The summed E-state index contributed by atoms with van der Waals surface area (Å²) in [5, 5.41) is 24.3. The van der Waals surface area contributed by atoms with E-state index in [1.165, 1.54) is 23.4 Å². The zero-order valence-corrected chi connectivity index (χ0v) is 11.7. The smallest absolute Gasteiger partial charge is 0.126 e. The van der Waals surface area contributed by atoms with Crippen molar-refractivity contribution < 1.29 is 10.2 Å². The van der Waals surface area contributed by atoms with Crippen LogP contribution in [0.1, 0.15) is 22.1 Å². The molecular formula is C15H14N2O2S. The Labute approximate surface area is 121 Å².